The van der Waals surface area contributed by atoms with Gasteiger partial charge in [-0.05, 0) is 54.6 Å². The molecular formula is C26H19N3O3. The molecule has 156 valence electrons. The molecule has 0 N–H and O–H groups in total. The molecule has 3 aromatic carbocycles. The van der Waals surface area contributed by atoms with E-state index in [4.69, 9.17) is 14.6 Å². The minimum atomic E-state index is -0.489. The highest BCUT2D eigenvalue weighted by molar-refractivity contribution is 6.13. The topological polar surface area (TPSA) is 65.7 Å². The number of aromatic nitrogens is 2. The third-order valence-electron chi connectivity index (χ3n) is 5.06. The van der Waals surface area contributed by atoms with E-state index in [0.29, 0.717) is 5.90 Å². The number of methoxy groups -OCH3 is 1. The van der Waals surface area contributed by atoms with E-state index in [0.717, 1.165) is 33.8 Å². The van der Waals surface area contributed by atoms with Gasteiger partial charge in [-0.2, -0.15) is 5.10 Å². The lowest BCUT2D eigenvalue weighted by molar-refractivity contribution is -0.129. The predicted octanol–water partition coefficient (Wildman–Crippen LogP) is 4.89. The molecule has 0 fully saturated rings. The molecule has 1 aliphatic heterocycles. The summed E-state index contributed by atoms with van der Waals surface area (Å²) in [4.78, 5) is 16.9. The number of esters is 1. The molecular weight excluding hydrogens is 402 g/mol. The maximum Gasteiger partial charge on any atom is 0.363 e. The molecule has 0 atom stereocenters. The molecule has 5 rings (SSSR count). The van der Waals surface area contributed by atoms with E-state index < -0.39 is 5.97 Å². The van der Waals surface area contributed by atoms with Crippen molar-refractivity contribution in [2.75, 3.05) is 7.11 Å². The van der Waals surface area contributed by atoms with Crippen LogP contribution in [0.3, 0.4) is 0 Å². The van der Waals surface area contributed by atoms with Crippen molar-refractivity contribution in [1.29, 1.82) is 0 Å². The molecule has 0 saturated carbocycles. The third-order valence-corrected chi connectivity index (χ3v) is 5.06. The van der Waals surface area contributed by atoms with E-state index in [1.807, 2.05) is 91.1 Å². The first-order valence-electron chi connectivity index (χ1n) is 10.1. The lowest BCUT2D eigenvalue weighted by Gasteiger charge is -2.02. The van der Waals surface area contributed by atoms with Crippen molar-refractivity contribution in [1.82, 2.24) is 9.78 Å². The van der Waals surface area contributed by atoms with Crippen molar-refractivity contribution < 1.29 is 14.3 Å². The Morgan fingerprint density at radius 2 is 1.56 bits per heavy atom. The van der Waals surface area contributed by atoms with E-state index in [-0.39, 0.29) is 5.70 Å². The van der Waals surface area contributed by atoms with Gasteiger partial charge < -0.3 is 9.47 Å². The standard InChI is InChI=1S/C26H19N3O3/c1-31-22-14-12-18(13-15-22)24-20(17-29(28-24)21-10-6-3-7-11-21)16-23-26(30)32-25(27-23)19-8-4-2-5-9-19/h2-17H,1H3/b23-16+. The first-order valence-corrected chi connectivity index (χ1v) is 10.1. The number of cyclic esters (lactones) is 1. The van der Waals surface area contributed by atoms with Gasteiger partial charge in [-0.1, -0.05) is 36.4 Å². The monoisotopic (exact) mass is 421 g/mol. The van der Waals surface area contributed by atoms with E-state index in [2.05, 4.69) is 4.99 Å². The highest BCUT2D eigenvalue weighted by Crippen LogP contribution is 2.29. The van der Waals surface area contributed by atoms with Gasteiger partial charge >= 0.3 is 5.97 Å². The Bertz CT molecular complexity index is 1320. The molecule has 0 bridgehead atoms. The molecule has 0 spiro atoms. The van der Waals surface area contributed by atoms with Crippen LogP contribution in [-0.4, -0.2) is 28.8 Å². The largest absolute Gasteiger partial charge is 0.497 e. The average Bonchev–Trinajstić information content (AvgIpc) is 3.44. The summed E-state index contributed by atoms with van der Waals surface area (Å²) in [5.74, 6) is 0.563. The van der Waals surface area contributed by atoms with Crippen LogP contribution in [0.2, 0.25) is 0 Å². The van der Waals surface area contributed by atoms with Crippen LogP contribution in [0.1, 0.15) is 11.1 Å². The second-order valence-corrected chi connectivity index (χ2v) is 7.14. The van der Waals surface area contributed by atoms with Crippen LogP contribution in [0.15, 0.2) is 102 Å². The highest BCUT2D eigenvalue weighted by Gasteiger charge is 2.25. The van der Waals surface area contributed by atoms with Crippen LogP contribution in [0.25, 0.3) is 23.0 Å². The fraction of sp³-hybridized carbons (Fsp3) is 0.0385. The Balaban J connectivity index is 1.60. The summed E-state index contributed by atoms with van der Waals surface area (Å²) >= 11 is 0. The molecule has 0 unspecified atom stereocenters. The van der Waals surface area contributed by atoms with Gasteiger partial charge in [0.05, 0.1) is 12.8 Å². The number of nitrogens with zero attached hydrogens (tertiary/aromatic N) is 3. The Kier molecular flexibility index (Phi) is 5.09. The maximum absolute atomic E-state index is 12.5. The van der Waals surface area contributed by atoms with Crippen molar-refractivity contribution in [3.05, 3.63) is 108 Å². The quantitative estimate of drug-likeness (QED) is 0.340. The van der Waals surface area contributed by atoms with Crippen molar-refractivity contribution in [3.63, 3.8) is 0 Å². The number of rotatable bonds is 5. The summed E-state index contributed by atoms with van der Waals surface area (Å²) in [6.45, 7) is 0. The first-order chi connectivity index (χ1) is 15.7. The van der Waals surface area contributed by atoms with E-state index in [9.17, 15) is 4.79 Å². The zero-order valence-corrected chi connectivity index (χ0v) is 17.3. The van der Waals surface area contributed by atoms with E-state index in [1.165, 1.54) is 0 Å². The molecule has 4 aromatic rings. The number of hydrogen-bond acceptors (Lipinski definition) is 5. The second-order valence-electron chi connectivity index (χ2n) is 7.14. The van der Waals surface area contributed by atoms with Gasteiger partial charge in [0, 0.05) is 22.9 Å². The summed E-state index contributed by atoms with van der Waals surface area (Å²) in [7, 11) is 1.63. The van der Waals surface area contributed by atoms with Gasteiger partial charge in [-0.25, -0.2) is 14.5 Å². The van der Waals surface area contributed by atoms with Gasteiger partial charge in [0.25, 0.3) is 0 Å². The minimum absolute atomic E-state index is 0.228. The molecule has 0 saturated heterocycles. The Morgan fingerprint density at radius 3 is 2.25 bits per heavy atom. The molecule has 1 aliphatic rings. The number of aliphatic imine (C=N–C) groups is 1. The molecule has 6 nitrogen and oxygen atoms in total. The number of carbonyl (C=O) groups excluding carboxylic acids is 1. The van der Waals surface area contributed by atoms with Gasteiger partial charge in [-0.3, -0.25) is 0 Å². The third kappa shape index (κ3) is 3.81. The zero-order valence-electron chi connectivity index (χ0n) is 17.3. The van der Waals surface area contributed by atoms with Gasteiger partial charge in [0.15, 0.2) is 5.70 Å². The number of carbonyl (C=O) groups is 1. The highest BCUT2D eigenvalue weighted by atomic mass is 16.6. The minimum Gasteiger partial charge on any atom is -0.497 e. The molecule has 0 aliphatic carbocycles. The van der Waals surface area contributed by atoms with Crippen LogP contribution in [0.4, 0.5) is 0 Å². The fourth-order valence-corrected chi connectivity index (χ4v) is 3.44. The van der Waals surface area contributed by atoms with Crippen LogP contribution in [0.5, 0.6) is 5.75 Å². The van der Waals surface area contributed by atoms with Crippen LogP contribution in [0, 0.1) is 0 Å². The first kappa shape index (κ1) is 19.5. The fourth-order valence-electron chi connectivity index (χ4n) is 3.44. The molecule has 6 heteroatoms. The summed E-state index contributed by atoms with van der Waals surface area (Å²) in [5, 5.41) is 4.78. The van der Waals surface area contributed by atoms with Crippen LogP contribution >= 0.6 is 0 Å². The summed E-state index contributed by atoms with van der Waals surface area (Å²) in [6, 6.07) is 26.8. The van der Waals surface area contributed by atoms with Gasteiger partial charge in [0.2, 0.25) is 5.90 Å². The maximum atomic E-state index is 12.5. The lowest BCUT2D eigenvalue weighted by Crippen LogP contribution is -2.04. The SMILES string of the molecule is COc1ccc(-c2nn(-c3ccccc3)cc2/C=C2/N=C(c3ccccc3)OC2=O)cc1. The summed E-state index contributed by atoms with van der Waals surface area (Å²) in [5.41, 5.74) is 4.26. The van der Waals surface area contributed by atoms with Crippen LogP contribution in [-0.2, 0) is 9.53 Å². The molecule has 1 aromatic heterocycles. The van der Waals surface area contributed by atoms with Crippen molar-refractivity contribution in [2.45, 2.75) is 0 Å². The van der Waals surface area contributed by atoms with E-state index in [1.54, 1.807) is 17.9 Å². The zero-order chi connectivity index (χ0) is 21.9. The average molecular weight is 421 g/mol. The van der Waals surface area contributed by atoms with Crippen molar-refractivity contribution in [3.8, 4) is 22.7 Å². The van der Waals surface area contributed by atoms with Gasteiger partial charge in [0.1, 0.15) is 11.4 Å². The Hall–Kier alpha value is -4.45. The number of hydrogen-bond donors (Lipinski definition) is 0. The molecule has 32 heavy (non-hydrogen) atoms. The second kappa shape index (κ2) is 8.35. The van der Waals surface area contributed by atoms with Gasteiger partial charge in [-0.15, -0.1) is 0 Å². The normalized spacial score (nSPS) is 14.3. The van der Waals surface area contributed by atoms with E-state index >= 15 is 0 Å². The number of ether oxygens (including phenoxy) is 2. The molecule has 0 amide bonds. The van der Waals surface area contributed by atoms with Crippen molar-refractivity contribution in [2.24, 2.45) is 4.99 Å². The van der Waals surface area contributed by atoms with Crippen LogP contribution < -0.4 is 4.74 Å². The summed E-state index contributed by atoms with van der Waals surface area (Å²) < 4.78 is 12.5. The smallest absolute Gasteiger partial charge is 0.363 e. The number of para-hydroxylation sites is 1. The predicted molar refractivity (Wildman–Crippen MR) is 123 cm³/mol. The molecule has 0 radical (unpaired) electrons. The Labute approximate surface area is 185 Å². The van der Waals surface area contributed by atoms with Crippen molar-refractivity contribution >= 4 is 17.9 Å². The number of benzene rings is 3. The summed E-state index contributed by atoms with van der Waals surface area (Å²) in [6.07, 6.45) is 3.59. The molecule has 2 heterocycles. The lowest BCUT2D eigenvalue weighted by atomic mass is 10.1. The Morgan fingerprint density at radius 1 is 0.875 bits per heavy atom.